The van der Waals surface area contributed by atoms with Crippen LogP contribution in [0.4, 0.5) is 0 Å². The van der Waals surface area contributed by atoms with Crippen LogP contribution in [0.15, 0.2) is 30.5 Å². The zero-order valence-electron chi connectivity index (χ0n) is 10.4. The first kappa shape index (κ1) is 11.7. The zero-order chi connectivity index (χ0) is 12.4. The van der Waals surface area contributed by atoms with Gasteiger partial charge >= 0.3 is 0 Å². The van der Waals surface area contributed by atoms with Crippen LogP contribution < -0.4 is 5.73 Å². The van der Waals surface area contributed by atoms with Gasteiger partial charge in [-0.1, -0.05) is 18.2 Å². The van der Waals surface area contributed by atoms with Gasteiger partial charge in [-0.25, -0.2) is 0 Å². The van der Waals surface area contributed by atoms with E-state index in [4.69, 9.17) is 10.5 Å². The predicted octanol–water partition coefficient (Wildman–Crippen LogP) is 1.50. The van der Waals surface area contributed by atoms with Crippen molar-refractivity contribution in [3.63, 3.8) is 0 Å². The van der Waals surface area contributed by atoms with E-state index >= 15 is 0 Å². The molecule has 0 saturated carbocycles. The number of nitrogens with one attached hydrogen (secondary N) is 1. The van der Waals surface area contributed by atoms with E-state index in [2.05, 4.69) is 40.3 Å². The maximum absolute atomic E-state index is 5.99. The number of para-hydroxylation sites is 1. The highest BCUT2D eigenvalue weighted by Crippen LogP contribution is 2.28. The van der Waals surface area contributed by atoms with Crippen LogP contribution in [-0.2, 0) is 4.74 Å². The van der Waals surface area contributed by atoms with Gasteiger partial charge in [-0.3, -0.25) is 4.90 Å². The van der Waals surface area contributed by atoms with Gasteiger partial charge in [0.2, 0.25) is 0 Å². The first-order chi connectivity index (χ1) is 8.90. The third-order valence-corrected chi connectivity index (χ3v) is 3.69. The third kappa shape index (κ3) is 2.03. The molecule has 0 amide bonds. The topological polar surface area (TPSA) is 54.3 Å². The fourth-order valence-electron chi connectivity index (χ4n) is 2.73. The Bertz CT molecular complexity index is 516. The number of aromatic amines is 1. The highest BCUT2D eigenvalue weighted by Gasteiger charge is 2.23. The predicted molar refractivity (Wildman–Crippen MR) is 72.5 cm³/mol. The molecule has 0 bridgehead atoms. The SMILES string of the molecule is NCC(c1c[nH]c2ccccc12)N1CCOCC1. The minimum absolute atomic E-state index is 0.282. The monoisotopic (exact) mass is 245 g/mol. The van der Waals surface area contributed by atoms with Gasteiger partial charge in [0.05, 0.1) is 13.2 Å². The molecule has 96 valence electrons. The van der Waals surface area contributed by atoms with Crippen LogP contribution in [0.1, 0.15) is 11.6 Å². The van der Waals surface area contributed by atoms with Crippen molar-refractivity contribution in [2.24, 2.45) is 5.73 Å². The second-order valence-electron chi connectivity index (χ2n) is 4.69. The Hall–Kier alpha value is -1.36. The van der Waals surface area contributed by atoms with Crippen LogP contribution in [0.2, 0.25) is 0 Å². The molecule has 4 heteroatoms. The summed E-state index contributed by atoms with van der Waals surface area (Å²) in [6, 6.07) is 8.67. The first-order valence-electron chi connectivity index (χ1n) is 6.48. The molecular formula is C14H19N3O. The summed E-state index contributed by atoms with van der Waals surface area (Å²) in [6.07, 6.45) is 2.09. The summed E-state index contributed by atoms with van der Waals surface area (Å²) in [5.41, 5.74) is 8.47. The highest BCUT2D eigenvalue weighted by molar-refractivity contribution is 5.83. The summed E-state index contributed by atoms with van der Waals surface area (Å²) >= 11 is 0. The number of morpholine rings is 1. The number of benzene rings is 1. The number of ether oxygens (including phenoxy) is 1. The van der Waals surface area contributed by atoms with Crippen molar-refractivity contribution in [2.45, 2.75) is 6.04 Å². The number of hydrogen-bond acceptors (Lipinski definition) is 3. The lowest BCUT2D eigenvalue weighted by molar-refractivity contribution is 0.0182. The molecule has 3 rings (SSSR count). The van der Waals surface area contributed by atoms with Crippen molar-refractivity contribution in [1.82, 2.24) is 9.88 Å². The molecule has 0 spiro atoms. The van der Waals surface area contributed by atoms with Gasteiger partial charge in [0.1, 0.15) is 0 Å². The van der Waals surface area contributed by atoms with E-state index in [1.54, 1.807) is 0 Å². The van der Waals surface area contributed by atoms with Crippen molar-refractivity contribution in [3.05, 3.63) is 36.0 Å². The maximum Gasteiger partial charge on any atom is 0.0594 e. The Labute approximate surface area is 107 Å². The molecule has 2 aromatic rings. The largest absolute Gasteiger partial charge is 0.379 e. The number of fused-ring (bicyclic) bond motifs is 1. The average Bonchev–Trinajstić information content (AvgIpc) is 2.85. The van der Waals surface area contributed by atoms with Gasteiger partial charge in [-0.05, 0) is 11.6 Å². The molecule has 1 aromatic heterocycles. The summed E-state index contributed by atoms with van der Waals surface area (Å²) < 4.78 is 5.41. The van der Waals surface area contributed by atoms with Crippen molar-refractivity contribution >= 4 is 10.9 Å². The summed E-state index contributed by atoms with van der Waals surface area (Å²) in [5.74, 6) is 0. The molecule has 1 saturated heterocycles. The number of H-pyrrole nitrogens is 1. The summed E-state index contributed by atoms with van der Waals surface area (Å²) in [4.78, 5) is 5.74. The molecular weight excluding hydrogens is 226 g/mol. The Morgan fingerprint density at radius 1 is 1.28 bits per heavy atom. The standard InChI is InChI=1S/C14H19N3O/c15-9-14(17-5-7-18-8-6-17)12-10-16-13-4-2-1-3-11(12)13/h1-4,10,14,16H,5-9,15H2. The van der Waals surface area contributed by atoms with E-state index in [1.807, 2.05) is 0 Å². The molecule has 1 aliphatic rings. The summed E-state index contributed by atoms with van der Waals surface area (Å²) in [7, 11) is 0. The Kier molecular flexibility index (Phi) is 3.32. The normalized spacial score (nSPS) is 19.2. The Morgan fingerprint density at radius 3 is 2.83 bits per heavy atom. The van der Waals surface area contributed by atoms with E-state index in [-0.39, 0.29) is 6.04 Å². The molecule has 4 nitrogen and oxygen atoms in total. The van der Waals surface area contributed by atoms with Crippen molar-refractivity contribution in [1.29, 1.82) is 0 Å². The maximum atomic E-state index is 5.99. The van der Waals surface area contributed by atoms with Crippen molar-refractivity contribution in [3.8, 4) is 0 Å². The summed E-state index contributed by atoms with van der Waals surface area (Å²) in [5, 5.41) is 1.28. The smallest absolute Gasteiger partial charge is 0.0594 e. The molecule has 1 aliphatic heterocycles. The van der Waals surface area contributed by atoms with Crippen molar-refractivity contribution in [2.75, 3.05) is 32.8 Å². The van der Waals surface area contributed by atoms with E-state index in [0.717, 1.165) is 26.3 Å². The molecule has 2 heterocycles. The lowest BCUT2D eigenvalue weighted by Gasteiger charge is -2.33. The molecule has 18 heavy (non-hydrogen) atoms. The van der Waals surface area contributed by atoms with Gasteiger partial charge in [0.15, 0.2) is 0 Å². The van der Waals surface area contributed by atoms with E-state index in [9.17, 15) is 0 Å². The van der Waals surface area contributed by atoms with Crippen LogP contribution in [-0.4, -0.2) is 42.7 Å². The van der Waals surface area contributed by atoms with Gasteiger partial charge in [-0.2, -0.15) is 0 Å². The quantitative estimate of drug-likeness (QED) is 0.861. The molecule has 1 atom stereocenters. The highest BCUT2D eigenvalue weighted by atomic mass is 16.5. The van der Waals surface area contributed by atoms with Gasteiger partial charge in [0, 0.05) is 42.8 Å². The average molecular weight is 245 g/mol. The molecule has 1 unspecified atom stereocenters. The minimum atomic E-state index is 0.282. The van der Waals surface area contributed by atoms with Gasteiger partial charge in [-0.15, -0.1) is 0 Å². The lowest BCUT2D eigenvalue weighted by Crippen LogP contribution is -2.41. The summed E-state index contributed by atoms with van der Waals surface area (Å²) in [6.45, 7) is 4.17. The fourth-order valence-corrected chi connectivity index (χ4v) is 2.73. The number of nitrogens with zero attached hydrogens (tertiary/aromatic N) is 1. The van der Waals surface area contributed by atoms with E-state index in [0.29, 0.717) is 6.54 Å². The minimum Gasteiger partial charge on any atom is -0.379 e. The molecule has 0 aliphatic carbocycles. The number of hydrogen-bond donors (Lipinski definition) is 2. The lowest BCUT2D eigenvalue weighted by atomic mass is 10.0. The van der Waals surface area contributed by atoms with Crippen LogP contribution in [0.3, 0.4) is 0 Å². The zero-order valence-corrected chi connectivity index (χ0v) is 10.4. The number of aromatic nitrogens is 1. The Morgan fingerprint density at radius 2 is 2.06 bits per heavy atom. The van der Waals surface area contributed by atoms with Crippen LogP contribution in [0, 0.1) is 0 Å². The van der Waals surface area contributed by atoms with Gasteiger partial charge < -0.3 is 15.5 Å². The van der Waals surface area contributed by atoms with Crippen molar-refractivity contribution < 1.29 is 4.74 Å². The van der Waals surface area contributed by atoms with E-state index < -0.39 is 0 Å². The molecule has 0 radical (unpaired) electrons. The second-order valence-corrected chi connectivity index (χ2v) is 4.69. The third-order valence-electron chi connectivity index (χ3n) is 3.69. The number of rotatable bonds is 3. The fraction of sp³-hybridized carbons (Fsp3) is 0.429. The van der Waals surface area contributed by atoms with E-state index in [1.165, 1.54) is 16.5 Å². The molecule has 3 N–H and O–H groups in total. The van der Waals surface area contributed by atoms with Crippen LogP contribution in [0.25, 0.3) is 10.9 Å². The molecule has 1 fully saturated rings. The second kappa shape index (κ2) is 5.10. The Balaban J connectivity index is 1.95. The first-order valence-corrected chi connectivity index (χ1v) is 6.48. The van der Waals surface area contributed by atoms with Crippen LogP contribution in [0.5, 0.6) is 0 Å². The van der Waals surface area contributed by atoms with Gasteiger partial charge in [0.25, 0.3) is 0 Å². The molecule has 1 aromatic carbocycles. The van der Waals surface area contributed by atoms with Crippen LogP contribution >= 0.6 is 0 Å². The number of nitrogens with two attached hydrogens (primary N) is 1.